The average Bonchev–Trinajstić information content (AvgIpc) is 3.00. The fraction of sp³-hybridized carbons (Fsp3) is 0.462. The zero-order valence-electron chi connectivity index (χ0n) is 19.9. The molecule has 2 amide bonds. The molecule has 2 heterocycles. The average molecular weight is 484 g/mol. The van der Waals surface area contributed by atoms with Gasteiger partial charge in [0.25, 0.3) is 0 Å². The molecule has 1 atom stereocenters. The monoisotopic (exact) mass is 483 g/mol. The molecule has 7 nitrogen and oxygen atoms in total. The number of anilines is 1. The highest BCUT2D eigenvalue weighted by Gasteiger charge is 2.38. The van der Waals surface area contributed by atoms with E-state index in [4.69, 9.17) is 0 Å². The number of hydrogen-bond acceptors (Lipinski definition) is 4. The second kappa shape index (κ2) is 10.3. The Labute approximate surface area is 202 Å². The summed E-state index contributed by atoms with van der Waals surface area (Å²) in [6.45, 7) is 4.96. The third-order valence-electron chi connectivity index (χ3n) is 6.78. The summed E-state index contributed by atoms with van der Waals surface area (Å²) in [5.74, 6) is -0.489. The number of nitrogens with one attached hydrogen (secondary N) is 1. The van der Waals surface area contributed by atoms with Crippen molar-refractivity contribution in [1.82, 2.24) is 9.62 Å². The van der Waals surface area contributed by atoms with E-state index in [1.165, 1.54) is 17.4 Å². The van der Waals surface area contributed by atoms with E-state index in [2.05, 4.69) is 12.2 Å². The van der Waals surface area contributed by atoms with Crippen molar-refractivity contribution in [2.24, 2.45) is 0 Å². The van der Waals surface area contributed by atoms with E-state index in [0.29, 0.717) is 37.3 Å². The topological polar surface area (TPSA) is 86.8 Å². The van der Waals surface area contributed by atoms with Crippen molar-refractivity contribution in [1.29, 1.82) is 0 Å². The molecule has 8 heteroatoms. The van der Waals surface area contributed by atoms with Crippen LogP contribution in [0.15, 0.2) is 47.4 Å². The highest BCUT2D eigenvalue weighted by molar-refractivity contribution is 7.89. The standard InChI is InChI=1S/C26H33N3O4S/c1-3-20-8-10-21(11-9-20)18-27-26(31)25-17-22-16-23(12-13-24(22)29(25)19(2)30)34(32,33)28-14-6-4-5-7-15-28/h8-13,16,25H,3-7,14-15,17-18H2,1-2H3,(H,27,31)/t25-/m1/s1. The maximum atomic E-state index is 13.2. The van der Waals surface area contributed by atoms with Gasteiger partial charge in [-0.05, 0) is 54.2 Å². The van der Waals surface area contributed by atoms with Crippen LogP contribution in [0, 0.1) is 0 Å². The number of nitrogens with zero attached hydrogens (tertiary/aromatic N) is 2. The molecule has 182 valence electrons. The lowest BCUT2D eigenvalue weighted by atomic mass is 10.1. The maximum Gasteiger partial charge on any atom is 0.243 e. The number of carbonyl (C=O) groups excluding carboxylic acids is 2. The van der Waals surface area contributed by atoms with E-state index in [-0.39, 0.29) is 16.7 Å². The molecule has 4 rings (SSSR count). The van der Waals surface area contributed by atoms with Crippen LogP contribution in [-0.2, 0) is 39.0 Å². The molecule has 0 aromatic heterocycles. The number of carbonyl (C=O) groups is 2. The van der Waals surface area contributed by atoms with Crippen molar-refractivity contribution in [3.63, 3.8) is 0 Å². The first kappa shape index (κ1) is 24.4. The molecule has 0 bridgehead atoms. The van der Waals surface area contributed by atoms with Gasteiger partial charge in [-0.25, -0.2) is 8.42 Å². The molecular weight excluding hydrogens is 450 g/mol. The predicted molar refractivity (Wildman–Crippen MR) is 132 cm³/mol. The third-order valence-corrected chi connectivity index (χ3v) is 8.67. The van der Waals surface area contributed by atoms with E-state index in [1.54, 1.807) is 22.5 Å². The van der Waals surface area contributed by atoms with Crippen molar-refractivity contribution in [2.75, 3.05) is 18.0 Å². The molecule has 2 aromatic carbocycles. The highest BCUT2D eigenvalue weighted by atomic mass is 32.2. The minimum Gasteiger partial charge on any atom is -0.350 e. The van der Waals surface area contributed by atoms with Gasteiger partial charge in [-0.3, -0.25) is 14.5 Å². The van der Waals surface area contributed by atoms with Crippen molar-refractivity contribution >= 4 is 27.5 Å². The smallest absolute Gasteiger partial charge is 0.243 e. The molecule has 0 aliphatic carbocycles. The molecule has 2 aliphatic rings. The molecule has 1 saturated heterocycles. The summed E-state index contributed by atoms with van der Waals surface area (Å²) in [4.78, 5) is 27.2. The van der Waals surface area contributed by atoms with E-state index < -0.39 is 16.1 Å². The van der Waals surface area contributed by atoms with Gasteiger partial charge in [0.05, 0.1) is 4.90 Å². The molecule has 2 aliphatic heterocycles. The number of hydrogen-bond donors (Lipinski definition) is 1. The SMILES string of the molecule is CCc1ccc(CNC(=O)[C@H]2Cc3cc(S(=O)(=O)N4CCCCCC4)ccc3N2C(C)=O)cc1. The Hall–Kier alpha value is -2.71. The number of amides is 2. The van der Waals surface area contributed by atoms with Crippen LogP contribution in [0.1, 0.15) is 56.2 Å². The quantitative estimate of drug-likeness (QED) is 0.682. The Morgan fingerprint density at radius 3 is 2.24 bits per heavy atom. The Morgan fingerprint density at radius 1 is 0.971 bits per heavy atom. The van der Waals surface area contributed by atoms with Gasteiger partial charge in [0.15, 0.2) is 0 Å². The van der Waals surface area contributed by atoms with Gasteiger partial charge in [0.1, 0.15) is 6.04 Å². The molecule has 1 N–H and O–H groups in total. The van der Waals surface area contributed by atoms with Gasteiger partial charge in [0.2, 0.25) is 21.8 Å². The van der Waals surface area contributed by atoms with Crippen LogP contribution in [0.5, 0.6) is 0 Å². The first-order chi connectivity index (χ1) is 16.3. The Bertz CT molecular complexity index is 1150. The van der Waals surface area contributed by atoms with Crippen LogP contribution in [0.3, 0.4) is 0 Å². The van der Waals surface area contributed by atoms with Gasteiger partial charge in [0, 0.05) is 38.7 Å². The van der Waals surface area contributed by atoms with Crippen LogP contribution in [-0.4, -0.2) is 43.7 Å². The summed E-state index contributed by atoms with van der Waals surface area (Å²) in [5.41, 5.74) is 3.53. The van der Waals surface area contributed by atoms with Crippen molar-refractivity contribution < 1.29 is 18.0 Å². The summed E-state index contributed by atoms with van der Waals surface area (Å²) in [7, 11) is -3.61. The van der Waals surface area contributed by atoms with E-state index in [0.717, 1.165) is 37.7 Å². The number of benzene rings is 2. The molecular formula is C26H33N3O4S. The molecule has 0 saturated carbocycles. The Balaban J connectivity index is 1.52. The number of rotatable bonds is 6. The first-order valence-electron chi connectivity index (χ1n) is 12.1. The number of sulfonamides is 1. The van der Waals surface area contributed by atoms with Crippen LogP contribution in [0.2, 0.25) is 0 Å². The van der Waals surface area contributed by atoms with Gasteiger partial charge in [-0.2, -0.15) is 4.31 Å². The van der Waals surface area contributed by atoms with Crippen molar-refractivity contribution in [3.8, 4) is 0 Å². The fourth-order valence-electron chi connectivity index (χ4n) is 4.82. The molecule has 0 unspecified atom stereocenters. The zero-order valence-corrected chi connectivity index (χ0v) is 20.7. The first-order valence-corrected chi connectivity index (χ1v) is 13.5. The molecule has 2 aromatic rings. The van der Waals surface area contributed by atoms with Gasteiger partial charge in [-0.1, -0.05) is 44.0 Å². The number of aryl methyl sites for hydroxylation is 1. The highest BCUT2D eigenvalue weighted by Crippen LogP contribution is 2.35. The van der Waals surface area contributed by atoms with Crippen LogP contribution >= 0.6 is 0 Å². The largest absolute Gasteiger partial charge is 0.350 e. The fourth-order valence-corrected chi connectivity index (χ4v) is 6.39. The van der Waals surface area contributed by atoms with Crippen molar-refractivity contribution in [2.45, 2.75) is 69.9 Å². The van der Waals surface area contributed by atoms with Gasteiger partial charge >= 0.3 is 0 Å². The maximum absolute atomic E-state index is 13.2. The number of fused-ring (bicyclic) bond motifs is 1. The van der Waals surface area contributed by atoms with Crippen LogP contribution in [0.25, 0.3) is 0 Å². The minimum atomic E-state index is -3.61. The lowest BCUT2D eigenvalue weighted by Gasteiger charge is -2.24. The summed E-state index contributed by atoms with van der Waals surface area (Å²) >= 11 is 0. The minimum absolute atomic E-state index is 0.230. The summed E-state index contributed by atoms with van der Waals surface area (Å²) in [5, 5.41) is 2.94. The Kier molecular flexibility index (Phi) is 7.38. The van der Waals surface area contributed by atoms with Crippen LogP contribution < -0.4 is 10.2 Å². The lowest BCUT2D eigenvalue weighted by Crippen LogP contribution is -2.47. The van der Waals surface area contributed by atoms with E-state index in [1.807, 2.05) is 24.3 Å². The summed E-state index contributed by atoms with van der Waals surface area (Å²) in [6, 6.07) is 12.2. The van der Waals surface area contributed by atoms with E-state index >= 15 is 0 Å². The molecule has 0 spiro atoms. The second-order valence-corrected chi connectivity index (χ2v) is 11.0. The van der Waals surface area contributed by atoms with Gasteiger partial charge in [-0.15, -0.1) is 0 Å². The third kappa shape index (κ3) is 5.03. The zero-order chi connectivity index (χ0) is 24.3. The van der Waals surface area contributed by atoms with Crippen LogP contribution in [0.4, 0.5) is 5.69 Å². The summed E-state index contributed by atoms with van der Waals surface area (Å²) < 4.78 is 28.0. The second-order valence-electron chi connectivity index (χ2n) is 9.11. The summed E-state index contributed by atoms with van der Waals surface area (Å²) in [6.07, 6.45) is 5.07. The Morgan fingerprint density at radius 2 is 1.62 bits per heavy atom. The molecule has 34 heavy (non-hydrogen) atoms. The molecule has 0 radical (unpaired) electrons. The lowest BCUT2D eigenvalue weighted by molar-refractivity contribution is -0.125. The predicted octanol–water partition coefficient (Wildman–Crippen LogP) is 3.41. The van der Waals surface area contributed by atoms with Crippen molar-refractivity contribution in [3.05, 3.63) is 59.2 Å². The van der Waals surface area contributed by atoms with Gasteiger partial charge < -0.3 is 5.32 Å². The normalized spacial score (nSPS) is 18.9. The molecule has 1 fully saturated rings. The van der Waals surface area contributed by atoms with E-state index in [9.17, 15) is 18.0 Å².